The van der Waals surface area contributed by atoms with Crippen molar-refractivity contribution >= 4 is 44.9 Å². The molecule has 2 heterocycles. The van der Waals surface area contributed by atoms with Crippen LogP contribution in [0.1, 0.15) is 5.56 Å². The van der Waals surface area contributed by atoms with Crippen molar-refractivity contribution in [2.24, 2.45) is 0 Å². The predicted molar refractivity (Wildman–Crippen MR) is 98.9 cm³/mol. The van der Waals surface area contributed by atoms with Crippen LogP contribution < -0.4 is 5.32 Å². The molecule has 2 aromatic carbocycles. The van der Waals surface area contributed by atoms with Gasteiger partial charge < -0.3 is 5.32 Å². The highest BCUT2D eigenvalue weighted by Gasteiger charge is 2.25. The number of hydrogen-bond donors (Lipinski definition) is 1. The third kappa shape index (κ3) is 2.55. The molecule has 3 nitrogen and oxygen atoms in total. The van der Waals surface area contributed by atoms with E-state index in [0.29, 0.717) is 10.0 Å². The molecular formula is C17H12BrCl2N3. The van der Waals surface area contributed by atoms with Crippen LogP contribution in [-0.4, -0.2) is 16.3 Å². The quantitative estimate of drug-likeness (QED) is 0.600. The number of hydrogen-bond acceptors (Lipinski definition) is 2. The van der Waals surface area contributed by atoms with E-state index in [1.807, 2.05) is 28.9 Å². The van der Waals surface area contributed by atoms with Gasteiger partial charge in [0.05, 0.1) is 21.4 Å². The molecule has 3 aromatic rings. The van der Waals surface area contributed by atoms with Gasteiger partial charge in [-0.1, -0.05) is 57.3 Å². The molecule has 0 unspecified atom stereocenters. The molecule has 0 amide bonds. The Morgan fingerprint density at radius 3 is 2.78 bits per heavy atom. The Bertz CT molecular complexity index is 905. The van der Waals surface area contributed by atoms with Gasteiger partial charge in [0, 0.05) is 22.1 Å². The fourth-order valence-corrected chi connectivity index (χ4v) is 3.65. The van der Waals surface area contributed by atoms with Crippen LogP contribution in [0.5, 0.6) is 0 Å². The van der Waals surface area contributed by atoms with E-state index in [1.54, 1.807) is 6.07 Å². The monoisotopic (exact) mass is 407 g/mol. The van der Waals surface area contributed by atoms with Gasteiger partial charge in [0.2, 0.25) is 0 Å². The Morgan fingerprint density at radius 2 is 1.96 bits per heavy atom. The van der Waals surface area contributed by atoms with E-state index in [2.05, 4.69) is 33.4 Å². The summed E-state index contributed by atoms with van der Waals surface area (Å²) >= 11 is 16.1. The lowest BCUT2D eigenvalue weighted by Crippen LogP contribution is -2.05. The molecule has 0 fully saturated rings. The van der Waals surface area contributed by atoms with Gasteiger partial charge in [0.1, 0.15) is 5.82 Å². The van der Waals surface area contributed by atoms with E-state index >= 15 is 0 Å². The normalized spacial score (nSPS) is 13.0. The zero-order chi connectivity index (χ0) is 16.0. The predicted octanol–water partition coefficient (Wildman–Crippen LogP) is 5.58. The van der Waals surface area contributed by atoms with Crippen molar-refractivity contribution in [3.8, 4) is 16.9 Å². The largest absolute Gasteiger partial charge is 0.369 e. The lowest BCUT2D eigenvalue weighted by molar-refractivity contribution is 0.882. The maximum Gasteiger partial charge on any atom is 0.133 e. The highest BCUT2D eigenvalue weighted by atomic mass is 79.9. The van der Waals surface area contributed by atoms with Crippen molar-refractivity contribution in [2.75, 3.05) is 11.9 Å². The number of fused-ring (bicyclic) bond motifs is 1. The Hall–Kier alpha value is -1.49. The summed E-state index contributed by atoms with van der Waals surface area (Å²) in [5.74, 6) is 0.990. The molecule has 4 rings (SSSR count). The van der Waals surface area contributed by atoms with Crippen molar-refractivity contribution in [1.82, 2.24) is 9.78 Å². The molecule has 1 aromatic heterocycles. The molecular weight excluding hydrogens is 397 g/mol. The van der Waals surface area contributed by atoms with Crippen molar-refractivity contribution in [1.29, 1.82) is 0 Å². The van der Waals surface area contributed by atoms with Crippen LogP contribution in [0.25, 0.3) is 16.9 Å². The van der Waals surface area contributed by atoms with Gasteiger partial charge in [-0.05, 0) is 30.7 Å². The SMILES string of the molecule is Clc1cccc(-n2nc(-c3cccc(Br)c3)c3c2NCC3)c1Cl. The van der Waals surface area contributed by atoms with Crippen LogP contribution in [0.3, 0.4) is 0 Å². The van der Waals surface area contributed by atoms with E-state index in [-0.39, 0.29) is 0 Å². The maximum absolute atomic E-state index is 6.38. The minimum atomic E-state index is 0.508. The maximum atomic E-state index is 6.38. The second kappa shape index (κ2) is 5.86. The Morgan fingerprint density at radius 1 is 1.13 bits per heavy atom. The molecule has 0 bridgehead atoms. The van der Waals surface area contributed by atoms with Crippen LogP contribution in [0.4, 0.5) is 5.82 Å². The molecule has 0 saturated heterocycles. The van der Waals surface area contributed by atoms with Gasteiger partial charge in [-0.25, -0.2) is 4.68 Å². The first-order chi connectivity index (χ1) is 11.1. The number of benzene rings is 2. The number of aromatic nitrogens is 2. The number of rotatable bonds is 2. The first-order valence-electron chi connectivity index (χ1n) is 7.21. The van der Waals surface area contributed by atoms with E-state index in [0.717, 1.165) is 40.2 Å². The minimum Gasteiger partial charge on any atom is -0.369 e. The molecule has 6 heteroatoms. The second-order valence-corrected chi connectivity index (χ2v) is 7.05. The van der Waals surface area contributed by atoms with Gasteiger partial charge in [-0.3, -0.25) is 0 Å². The Labute approximate surface area is 152 Å². The first-order valence-corrected chi connectivity index (χ1v) is 8.76. The zero-order valence-corrected chi connectivity index (χ0v) is 15.1. The molecule has 0 radical (unpaired) electrons. The third-order valence-corrected chi connectivity index (χ3v) is 5.21. The van der Waals surface area contributed by atoms with Crippen LogP contribution in [0, 0.1) is 0 Å². The third-order valence-electron chi connectivity index (χ3n) is 3.91. The summed E-state index contributed by atoms with van der Waals surface area (Å²) in [6, 6.07) is 13.7. The summed E-state index contributed by atoms with van der Waals surface area (Å²) in [5.41, 5.74) is 4.05. The molecule has 1 aliphatic heterocycles. The van der Waals surface area contributed by atoms with Crippen molar-refractivity contribution < 1.29 is 0 Å². The van der Waals surface area contributed by atoms with Gasteiger partial charge >= 0.3 is 0 Å². The molecule has 116 valence electrons. The average Bonchev–Trinajstić information content (AvgIpc) is 3.12. The first kappa shape index (κ1) is 15.1. The molecule has 23 heavy (non-hydrogen) atoms. The number of halogens is 3. The molecule has 1 aliphatic rings. The highest BCUT2D eigenvalue weighted by molar-refractivity contribution is 9.10. The second-order valence-electron chi connectivity index (χ2n) is 5.35. The van der Waals surface area contributed by atoms with E-state index in [9.17, 15) is 0 Å². The summed E-state index contributed by atoms with van der Waals surface area (Å²) in [7, 11) is 0. The zero-order valence-electron chi connectivity index (χ0n) is 12.0. The summed E-state index contributed by atoms with van der Waals surface area (Å²) in [4.78, 5) is 0. The van der Waals surface area contributed by atoms with E-state index in [1.165, 1.54) is 5.56 Å². The molecule has 0 saturated carbocycles. The van der Waals surface area contributed by atoms with E-state index < -0.39 is 0 Å². The number of anilines is 1. The van der Waals surface area contributed by atoms with Gasteiger partial charge in [0.15, 0.2) is 0 Å². The van der Waals surface area contributed by atoms with Gasteiger partial charge in [0.25, 0.3) is 0 Å². The summed E-state index contributed by atoms with van der Waals surface area (Å²) in [6.45, 7) is 0.895. The fraction of sp³-hybridized carbons (Fsp3) is 0.118. The van der Waals surface area contributed by atoms with E-state index in [4.69, 9.17) is 28.3 Å². The molecule has 0 spiro atoms. The average molecular weight is 409 g/mol. The van der Waals surface area contributed by atoms with Gasteiger partial charge in [-0.2, -0.15) is 5.10 Å². The van der Waals surface area contributed by atoms with Crippen LogP contribution in [-0.2, 0) is 6.42 Å². The number of nitrogens with one attached hydrogen (secondary N) is 1. The lowest BCUT2D eigenvalue weighted by Gasteiger charge is -2.09. The topological polar surface area (TPSA) is 29.9 Å². The van der Waals surface area contributed by atoms with Gasteiger partial charge in [-0.15, -0.1) is 0 Å². The summed E-state index contributed by atoms with van der Waals surface area (Å²) in [6.07, 6.45) is 0.940. The highest BCUT2D eigenvalue weighted by Crippen LogP contribution is 2.38. The van der Waals surface area contributed by atoms with Crippen molar-refractivity contribution in [2.45, 2.75) is 6.42 Å². The summed E-state index contributed by atoms with van der Waals surface area (Å²) in [5, 5.41) is 9.24. The standard InChI is InChI=1S/C17H12BrCl2N3/c18-11-4-1-3-10(9-11)16-12-7-8-21-17(12)23(22-16)14-6-2-5-13(19)15(14)20/h1-6,9,21H,7-8H2. The molecule has 0 atom stereocenters. The van der Waals surface area contributed by atoms with Crippen LogP contribution in [0.15, 0.2) is 46.9 Å². The number of nitrogens with zero attached hydrogens (tertiary/aromatic N) is 2. The van der Waals surface area contributed by atoms with Crippen molar-refractivity contribution in [3.05, 3.63) is 62.5 Å². The lowest BCUT2D eigenvalue weighted by atomic mass is 10.1. The van der Waals surface area contributed by atoms with Crippen molar-refractivity contribution in [3.63, 3.8) is 0 Å². The Kier molecular flexibility index (Phi) is 3.84. The molecule has 1 N–H and O–H groups in total. The van der Waals surface area contributed by atoms with Crippen LogP contribution in [0.2, 0.25) is 10.0 Å². The summed E-state index contributed by atoms with van der Waals surface area (Å²) < 4.78 is 2.89. The van der Waals surface area contributed by atoms with Crippen LogP contribution >= 0.6 is 39.1 Å². The smallest absolute Gasteiger partial charge is 0.133 e. The minimum absolute atomic E-state index is 0.508. The Balaban J connectivity index is 1.93. The fourth-order valence-electron chi connectivity index (χ4n) is 2.87. The molecule has 0 aliphatic carbocycles.